The Labute approximate surface area is 148 Å². The number of allylic oxidation sites excluding steroid dienone is 2. The lowest BCUT2D eigenvalue weighted by molar-refractivity contribution is 0.0966. The molecule has 1 rings (SSSR count). The highest BCUT2D eigenvalue weighted by Crippen LogP contribution is 2.24. The second kappa shape index (κ2) is 11.0. The van der Waals surface area contributed by atoms with Gasteiger partial charge in [0.1, 0.15) is 0 Å². The van der Waals surface area contributed by atoms with E-state index in [1.807, 2.05) is 37.4 Å². The zero-order chi connectivity index (χ0) is 17.9. The van der Waals surface area contributed by atoms with Crippen LogP contribution in [0.4, 0.5) is 0 Å². The molecule has 0 aromatic carbocycles. The Kier molecular flexibility index (Phi) is 9.38. The van der Waals surface area contributed by atoms with Gasteiger partial charge in [-0.2, -0.15) is 0 Å². The van der Waals surface area contributed by atoms with E-state index in [-0.39, 0.29) is 0 Å². The van der Waals surface area contributed by atoms with Gasteiger partial charge in [-0.1, -0.05) is 19.8 Å². The molecule has 0 amide bonds. The SMILES string of the molecule is C=N/C(=C1/C=C\NCCCC(CCC)C/C1=N/CC)N(C)N(C)C. The van der Waals surface area contributed by atoms with Gasteiger partial charge in [0.05, 0.1) is 0 Å². The largest absolute Gasteiger partial charge is 0.391 e. The minimum absolute atomic E-state index is 0.680. The van der Waals surface area contributed by atoms with Crippen LogP contribution in [0.25, 0.3) is 0 Å². The molecule has 136 valence electrons. The van der Waals surface area contributed by atoms with Crippen LogP contribution >= 0.6 is 0 Å². The van der Waals surface area contributed by atoms with Crippen molar-refractivity contribution in [3.63, 3.8) is 0 Å². The van der Waals surface area contributed by atoms with Gasteiger partial charge in [-0.25, -0.2) is 10.0 Å². The van der Waals surface area contributed by atoms with E-state index in [2.05, 4.69) is 37.0 Å². The van der Waals surface area contributed by atoms with Gasteiger partial charge in [0.2, 0.25) is 0 Å². The highest BCUT2D eigenvalue weighted by molar-refractivity contribution is 6.03. The van der Waals surface area contributed by atoms with Gasteiger partial charge in [0.15, 0.2) is 5.82 Å². The molecule has 0 saturated heterocycles. The average Bonchev–Trinajstić information content (AvgIpc) is 2.56. The highest BCUT2D eigenvalue weighted by atomic mass is 15.6. The summed E-state index contributed by atoms with van der Waals surface area (Å²) in [5.74, 6) is 1.53. The van der Waals surface area contributed by atoms with Crippen LogP contribution < -0.4 is 5.32 Å². The fraction of sp³-hybridized carbons (Fsp3) is 0.684. The fourth-order valence-electron chi connectivity index (χ4n) is 3.05. The molecule has 0 aromatic heterocycles. The first kappa shape index (κ1) is 20.4. The van der Waals surface area contributed by atoms with Crippen molar-refractivity contribution in [1.82, 2.24) is 15.3 Å². The summed E-state index contributed by atoms with van der Waals surface area (Å²) in [5, 5.41) is 7.41. The molecule has 0 fully saturated rings. The van der Waals surface area contributed by atoms with E-state index in [9.17, 15) is 0 Å². The van der Waals surface area contributed by atoms with Crippen molar-refractivity contribution in [2.24, 2.45) is 15.9 Å². The monoisotopic (exact) mass is 333 g/mol. The maximum absolute atomic E-state index is 4.83. The Morgan fingerprint density at radius 2 is 2.08 bits per heavy atom. The minimum atomic E-state index is 0.680. The van der Waals surface area contributed by atoms with E-state index in [1.54, 1.807) is 0 Å². The number of hydrazine groups is 1. The number of aliphatic imine (C=N–C) groups is 2. The van der Waals surface area contributed by atoms with E-state index in [0.717, 1.165) is 36.6 Å². The van der Waals surface area contributed by atoms with E-state index in [1.165, 1.54) is 25.7 Å². The first-order valence-electron chi connectivity index (χ1n) is 9.10. The maximum Gasteiger partial charge on any atom is 0.151 e. The third-order valence-electron chi connectivity index (χ3n) is 4.44. The van der Waals surface area contributed by atoms with Crippen LogP contribution in [0, 0.1) is 5.92 Å². The van der Waals surface area contributed by atoms with Crippen LogP contribution in [-0.2, 0) is 0 Å². The Bertz CT molecular complexity index is 476. The number of rotatable bonds is 6. The van der Waals surface area contributed by atoms with Gasteiger partial charge in [0, 0.05) is 45.5 Å². The van der Waals surface area contributed by atoms with Gasteiger partial charge >= 0.3 is 0 Å². The molecule has 0 spiro atoms. The lowest BCUT2D eigenvalue weighted by Crippen LogP contribution is -2.33. The molecule has 5 nitrogen and oxygen atoms in total. The lowest BCUT2D eigenvalue weighted by atomic mass is 9.89. The molecule has 0 saturated carbocycles. The summed E-state index contributed by atoms with van der Waals surface area (Å²) < 4.78 is 0. The number of hydrogen-bond donors (Lipinski definition) is 1. The van der Waals surface area contributed by atoms with Crippen molar-refractivity contribution in [3.8, 4) is 0 Å². The molecule has 1 atom stereocenters. The molecule has 0 aromatic rings. The molecular formula is C19H35N5. The first-order valence-corrected chi connectivity index (χ1v) is 9.10. The summed E-state index contributed by atoms with van der Waals surface area (Å²) in [6.45, 7) is 9.96. The molecule has 24 heavy (non-hydrogen) atoms. The van der Waals surface area contributed by atoms with Gasteiger partial charge in [0.25, 0.3) is 0 Å². The van der Waals surface area contributed by atoms with Crippen molar-refractivity contribution in [1.29, 1.82) is 0 Å². The third-order valence-corrected chi connectivity index (χ3v) is 4.44. The molecule has 1 N–H and O–H groups in total. The Hall–Kier alpha value is -1.62. The van der Waals surface area contributed by atoms with Crippen molar-refractivity contribution in [2.45, 2.75) is 46.0 Å². The summed E-state index contributed by atoms with van der Waals surface area (Å²) in [6.07, 6.45) is 10.1. The predicted octanol–water partition coefficient (Wildman–Crippen LogP) is 3.47. The van der Waals surface area contributed by atoms with Gasteiger partial charge < -0.3 is 5.32 Å². The fourth-order valence-corrected chi connectivity index (χ4v) is 3.05. The molecular weight excluding hydrogens is 298 g/mol. The summed E-state index contributed by atoms with van der Waals surface area (Å²) >= 11 is 0. The zero-order valence-corrected chi connectivity index (χ0v) is 16.2. The standard InChI is InChI=1S/C19H35N5/c1-7-10-16-11-9-13-21-14-12-17(18(15-16)22-8-2)19(20-3)24(6)23(4)5/h12,14,16,21H,3,7-11,13,15H2,1-2,4-6H3/b14-12-,19-17+,22-18-. The number of nitrogens with zero attached hydrogens (tertiary/aromatic N) is 4. The van der Waals surface area contributed by atoms with Crippen LogP contribution in [0.1, 0.15) is 46.0 Å². The van der Waals surface area contributed by atoms with Crippen LogP contribution in [-0.4, -0.2) is 56.7 Å². The second-order valence-electron chi connectivity index (χ2n) is 6.48. The van der Waals surface area contributed by atoms with Crippen LogP contribution in [0.3, 0.4) is 0 Å². The van der Waals surface area contributed by atoms with E-state index < -0.39 is 0 Å². The number of nitrogens with one attached hydrogen (secondary N) is 1. The van der Waals surface area contributed by atoms with Crippen molar-refractivity contribution >= 4 is 12.4 Å². The summed E-state index contributed by atoms with van der Waals surface area (Å²) in [4.78, 5) is 9.15. The van der Waals surface area contributed by atoms with Gasteiger partial charge in [-0.3, -0.25) is 10.0 Å². The maximum atomic E-state index is 4.83. The van der Waals surface area contributed by atoms with Gasteiger partial charge in [-0.05, 0) is 51.1 Å². The summed E-state index contributed by atoms with van der Waals surface area (Å²) in [6, 6.07) is 0. The molecule has 5 heteroatoms. The highest BCUT2D eigenvalue weighted by Gasteiger charge is 2.19. The van der Waals surface area contributed by atoms with Crippen LogP contribution in [0.5, 0.6) is 0 Å². The molecule has 0 radical (unpaired) electrons. The van der Waals surface area contributed by atoms with Crippen LogP contribution in [0.15, 0.2) is 33.7 Å². The zero-order valence-electron chi connectivity index (χ0n) is 16.2. The van der Waals surface area contributed by atoms with Gasteiger partial charge in [-0.15, -0.1) is 0 Å². The smallest absolute Gasteiger partial charge is 0.151 e. The average molecular weight is 334 g/mol. The van der Waals surface area contributed by atoms with Crippen LogP contribution in [0.2, 0.25) is 0 Å². The minimum Gasteiger partial charge on any atom is -0.391 e. The Morgan fingerprint density at radius 1 is 1.33 bits per heavy atom. The van der Waals surface area contributed by atoms with Crippen molar-refractivity contribution in [2.75, 3.05) is 34.2 Å². The molecule has 0 aliphatic carbocycles. The predicted molar refractivity (Wildman–Crippen MR) is 105 cm³/mol. The second-order valence-corrected chi connectivity index (χ2v) is 6.48. The molecule has 1 aliphatic rings. The first-order chi connectivity index (χ1) is 11.5. The van der Waals surface area contributed by atoms with E-state index >= 15 is 0 Å². The number of hydrogen-bond acceptors (Lipinski definition) is 5. The lowest BCUT2D eigenvalue weighted by Gasteiger charge is -2.29. The Morgan fingerprint density at radius 3 is 2.67 bits per heavy atom. The topological polar surface area (TPSA) is 43.2 Å². The van der Waals surface area contributed by atoms with E-state index in [4.69, 9.17) is 4.99 Å². The molecule has 0 bridgehead atoms. The van der Waals surface area contributed by atoms with E-state index in [0.29, 0.717) is 5.92 Å². The summed E-state index contributed by atoms with van der Waals surface area (Å²) in [5.41, 5.74) is 2.21. The molecule has 1 heterocycles. The molecule has 1 aliphatic heterocycles. The Balaban J connectivity index is 3.34. The normalized spacial score (nSPS) is 24.4. The summed E-state index contributed by atoms with van der Waals surface area (Å²) in [7, 11) is 6.01. The van der Waals surface area contributed by atoms with Crippen molar-refractivity contribution < 1.29 is 0 Å². The quantitative estimate of drug-likeness (QED) is 0.598. The molecule has 1 unspecified atom stereocenters. The third kappa shape index (κ3) is 6.11. The van der Waals surface area contributed by atoms with Crippen molar-refractivity contribution in [3.05, 3.63) is 23.7 Å².